The van der Waals surface area contributed by atoms with Crippen LogP contribution in [0, 0.1) is 11.6 Å². The fourth-order valence-corrected chi connectivity index (χ4v) is 4.62. The Hall–Kier alpha value is -3.65. The molecule has 4 rings (SSSR count). The molecule has 1 aliphatic rings. The lowest BCUT2D eigenvalue weighted by atomic mass is 9.90. The normalized spacial score (nSPS) is 16.5. The van der Waals surface area contributed by atoms with E-state index in [2.05, 4.69) is 15.3 Å². The minimum atomic E-state index is -4.79. The van der Waals surface area contributed by atoms with Gasteiger partial charge in [0.15, 0.2) is 5.03 Å². The lowest BCUT2D eigenvalue weighted by Gasteiger charge is -2.35. The maximum Gasteiger partial charge on any atom is 0.417 e. The van der Waals surface area contributed by atoms with Gasteiger partial charge in [-0.1, -0.05) is 0 Å². The van der Waals surface area contributed by atoms with Crippen LogP contribution in [0.5, 0.6) is 0 Å². The van der Waals surface area contributed by atoms with Gasteiger partial charge >= 0.3 is 6.18 Å². The highest BCUT2D eigenvalue weighted by atomic mass is 32.2. The standard InChI is InChI=1S/C23H20F5N5O3S/c24-16-6-14(7-17(25)9-16)13-2-1-5-33(12-13)21-19(8-15(11-31-21)23(26,27)28)22(34)32-18-3-4-30-20(10-18)37(29,35)36/h3-4,6-11,13H,1-2,5,12H2,(H2,29,35,36)(H,30,32,34). The van der Waals surface area contributed by atoms with Gasteiger partial charge in [-0.2, -0.15) is 13.2 Å². The lowest BCUT2D eigenvalue weighted by molar-refractivity contribution is -0.137. The number of carbonyl (C=O) groups is 1. The summed E-state index contributed by atoms with van der Waals surface area (Å²) < 4.78 is 90.9. The first-order valence-corrected chi connectivity index (χ1v) is 12.4. The minimum Gasteiger partial charge on any atom is -0.355 e. The number of hydrogen-bond acceptors (Lipinski definition) is 6. The Labute approximate surface area is 208 Å². The number of pyridine rings is 2. The van der Waals surface area contributed by atoms with Crippen LogP contribution >= 0.6 is 0 Å². The third kappa shape index (κ3) is 6.20. The molecule has 2 aromatic heterocycles. The predicted octanol–water partition coefficient (Wildman–Crippen LogP) is 4.06. The second-order valence-corrected chi connectivity index (χ2v) is 9.97. The van der Waals surface area contributed by atoms with Gasteiger partial charge < -0.3 is 10.2 Å². The molecule has 0 spiro atoms. The second kappa shape index (κ2) is 10.0. The zero-order valence-electron chi connectivity index (χ0n) is 19.0. The summed E-state index contributed by atoms with van der Waals surface area (Å²) in [6.07, 6.45) is -2.04. The van der Waals surface area contributed by atoms with Crippen LogP contribution in [0.15, 0.2) is 53.8 Å². The number of nitrogens with one attached hydrogen (secondary N) is 1. The van der Waals surface area contributed by atoms with Crippen molar-refractivity contribution in [3.63, 3.8) is 0 Å². The maximum absolute atomic E-state index is 13.8. The summed E-state index contributed by atoms with van der Waals surface area (Å²) in [6.45, 7) is 0.476. The summed E-state index contributed by atoms with van der Waals surface area (Å²) in [5.41, 5.74) is -1.27. The SMILES string of the molecule is NS(=O)(=O)c1cc(NC(=O)c2cc(C(F)(F)F)cnc2N2CCCC(c3cc(F)cc(F)c3)C2)ccn1. The molecule has 1 aliphatic heterocycles. The van der Waals surface area contributed by atoms with E-state index < -0.39 is 49.9 Å². The molecule has 0 bridgehead atoms. The fourth-order valence-electron chi connectivity index (χ4n) is 4.13. The van der Waals surface area contributed by atoms with E-state index >= 15 is 0 Å². The van der Waals surface area contributed by atoms with Crippen molar-refractivity contribution in [2.45, 2.75) is 30.0 Å². The number of benzene rings is 1. The monoisotopic (exact) mass is 541 g/mol. The van der Waals surface area contributed by atoms with Crippen LogP contribution in [0.3, 0.4) is 0 Å². The molecular weight excluding hydrogens is 521 g/mol. The van der Waals surface area contributed by atoms with E-state index in [4.69, 9.17) is 5.14 Å². The molecule has 1 unspecified atom stereocenters. The summed E-state index contributed by atoms with van der Waals surface area (Å²) in [4.78, 5) is 22.2. The number of anilines is 2. The van der Waals surface area contributed by atoms with Crippen LogP contribution in [0.2, 0.25) is 0 Å². The van der Waals surface area contributed by atoms with Gasteiger partial charge in [-0.3, -0.25) is 4.79 Å². The smallest absolute Gasteiger partial charge is 0.355 e. The van der Waals surface area contributed by atoms with Gasteiger partial charge in [-0.05, 0) is 42.7 Å². The Bertz CT molecular complexity index is 1430. The number of aromatic nitrogens is 2. The molecule has 3 aromatic rings. The van der Waals surface area contributed by atoms with E-state index in [1.54, 1.807) is 4.90 Å². The quantitative estimate of drug-likeness (QED) is 0.471. The molecule has 1 fully saturated rings. The summed E-state index contributed by atoms with van der Waals surface area (Å²) in [7, 11) is -4.20. The summed E-state index contributed by atoms with van der Waals surface area (Å²) in [6, 6.07) is 5.97. The van der Waals surface area contributed by atoms with Gasteiger partial charge in [0.2, 0.25) is 0 Å². The molecule has 0 saturated carbocycles. The Balaban J connectivity index is 1.69. The van der Waals surface area contributed by atoms with Crippen molar-refractivity contribution < 1.29 is 35.2 Å². The lowest BCUT2D eigenvalue weighted by Crippen LogP contribution is -2.36. The first-order chi connectivity index (χ1) is 17.3. The van der Waals surface area contributed by atoms with Crippen LogP contribution in [0.1, 0.15) is 40.2 Å². The topological polar surface area (TPSA) is 118 Å². The number of halogens is 5. The van der Waals surface area contributed by atoms with Gasteiger partial charge in [0.05, 0.1) is 11.1 Å². The summed E-state index contributed by atoms with van der Waals surface area (Å²) >= 11 is 0. The van der Waals surface area contributed by atoms with Gasteiger partial charge in [-0.25, -0.2) is 32.3 Å². The molecule has 37 heavy (non-hydrogen) atoms. The van der Waals surface area contributed by atoms with E-state index in [9.17, 15) is 35.2 Å². The van der Waals surface area contributed by atoms with E-state index in [-0.39, 0.29) is 24.0 Å². The van der Waals surface area contributed by atoms with Crippen molar-refractivity contribution >= 4 is 27.4 Å². The van der Waals surface area contributed by atoms with Gasteiger partial charge in [0, 0.05) is 49.2 Å². The third-order valence-corrected chi connectivity index (χ3v) is 6.61. The number of nitrogens with zero attached hydrogens (tertiary/aromatic N) is 3. The van der Waals surface area contributed by atoms with Crippen LogP contribution in [-0.2, 0) is 16.2 Å². The number of alkyl halides is 3. The molecule has 14 heteroatoms. The van der Waals surface area contributed by atoms with Crippen LogP contribution in [-0.4, -0.2) is 37.4 Å². The zero-order valence-corrected chi connectivity index (χ0v) is 19.8. The van der Waals surface area contributed by atoms with Crippen molar-refractivity contribution in [3.8, 4) is 0 Å². The Morgan fingerprint density at radius 2 is 1.78 bits per heavy atom. The van der Waals surface area contributed by atoms with Gasteiger partial charge in [-0.15, -0.1) is 0 Å². The summed E-state index contributed by atoms with van der Waals surface area (Å²) in [5, 5.41) is 6.85. The molecule has 1 amide bonds. The second-order valence-electron chi connectivity index (χ2n) is 8.46. The first-order valence-electron chi connectivity index (χ1n) is 10.9. The Kier molecular flexibility index (Phi) is 7.15. The van der Waals surface area contributed by atoms with E-state index in [0.717, 1.165) is 18.3 Å². The molecule has 196 valence electrons. The largest absolute Gasteiger partial charge is 0.417 e. The molecule has 0 aliphatic carbocycles. The average molecular weight is 542 g/mol. The molecular formula is C23H20F5N5O3S. The maximum atomic E-state index is 13.8. The van der Waals surface area contributed by atoms with Crippen molar-refractivity contribution in [1.29, 1.82) is 0 Å². The molecule has 1 atom stereocenters. The number of hydrogen-bond donors (Lipinski definition) is 2. The molecule has 3 heterocycles. The van der Waals surface area contributed by atoms with Crippen molar-refractivity contribution in [1.82, 2.24) is 9.97 Å². The molecule has 1 saturated heterocycles. The number of primary sulfonamides is 1. The molecule has 1 aromatic carbocycles. The Morgan fingerprint density at radius 3 is 2.43 bits per heavy atom. The number of nitrogens with two attached hydrogens (primary N) is 1. The van der Waals surface area contributed by atoms with E-state index in [1.165, 1.54) is 18.2 Å². The van der Waals surface area contributed by atoms with Crippen LogP contribution < -0.4 is 15.4 Å². The van der Waals surface area contributed by atoms with Crippen LogP contribution in [0.25, 0.3) is 0 Å². The first kappa shape index (κ1) is 26.4. The number of carbonyl (C=O) groups excluding carboxylic acids is 1. The van der Waals surface area contributed by atoms with Crippen molar-refractivity contribution in [3.05, 3.63) is 77.1 Å². The number of rotatable bonds is 5. The van der Waals surface area contributed by atoms with Crippen LogP contribution in [0.4, 0.5) is 33.5 Å². The highest BCUT2D eigenvalue weighted by Gasteiger charge is 2.34. The number of sulfonamides is 1. The van der Waals surface area contributed by atoms with Gasteiger partial charge in [0.1, 0.15) is 17.5 Å². The predicted molar refractivity (Wildman–Crippen MR) is 123 cm³/mol. The third-order valence-electron chi connectivity index (χ3n) is 5.80. The zero-order chi connectivity index (χ0) is 27.0. The number of piperidine rings is 1. The molecule has 3 N–H and O–H groups in total. The molecule has 8 nitrogen and oxygen atoms in total. The number of amides is 1. The van der Waals surface area contributed by atoms with Gasteiger partial charge in [0.25, 0.3) is 15.9 Å². The Morgan fingerprint density at radius 1 is 1.08 bits per heavy atom. The highest BCUT2D eigenvalue weighted by Crippen LogP contribution is 2.35. The average Bonchev–Trinajstić information content (AvgIpc) is 2.82. The van der Waals surface area contributed by atoms with E-state index in [1.807, 2.05) is 0 Å². The minimum absolute atomic E-state index is 0.0622. The molecule has 0 radical (unpaired) electrons. The van der Waals surface area contributed by atoms with Crippen molar-refractivity contribution in [2.75, 3.05) is 23.3 Å². The summed E-state index contributed by atoms with van der Waals surface area (Å²) in [5.74, 6) is -2.92. The van der Waals surface area contributed by atoms with E-state index in [0.29, 0.717) is 37.2 Å². The highest BCUT2D eigenvalue weighted by molar-refractivity contribution is 7.89. The van der Waals surface area contributed by atoms with Crippen molar-refractivity contribution in [2.24, 2.45) is 5.14 Å². The fraction of sp³-hybridized carbons (Fsp3) is 0.261.